The van der Waals surface area contributed by atoms with Crippen LogP contribution in [0.1, 0.15) is 16.7 Å². The summed E-state index contributed by atoms with van der Waals surface area (Å²) in [7, 11) is 0. The van der Waals surface area contributed by atoms with Crippen molar-refractivity contribution >= 4 is 17.5 Å². The monoisotopic (exact) mass is 291 g/mol. The number of aliphatic hydroxyl groups excluding tert-OH is 1. The minimum absolute atomic E-state index is 0.268. The summed E-state index contributed by atoms with van der Waals surface area (Å²) in [6, 6.07) is 12.9. The van der Waals surface area contributed by atoms with Crippen LogP contribution in [-0.2, 0) is 17.0 Å². The third-order valence-corrected chi connectivity index (χ3v) is 3.55. The first-order chi connectivity index (χ1) is 9.50. The van der Waals surface area contributed by atoms with Gasteiger partial charge in [-0.25, -0.2) is 0 Å². The van der Waals surface area contributed by atoms with E-state index < -0.39 is 11.5 Å². The van der Waals surface area contributed by atoms with Gasteiger partial charge in [0.25, 0.3) is 5.91 Å². The second-order valence-corrected chi connectivity index (χ2v) is 4.81. The maximum absolute atomic E-state index is 11.8. The van der Waals surface area contributed by atoms with Crippen LogP contribution in [0.15, 0.2) is 48.5 Å². The predicted octanol–water partition coefficient (Wildman–Crippen LogP) is 1.55. The number of halogens is 1. The van der Waals surface area contributed by atoms with Gasteiger partial charge in [-0.05, 0) is 28.8 Å². The van der Waals surface area contributed by atoms with Crippen LogP contribution in [-0.4, -0.2) is 16.1 Å². The lowest BCUT2D eigenvalue weighted by Crippen LogP contribution is -2.42. The molecule has 0 aliphatic carbocycles. The molecule has 1 unspecified atom stereocenters. The maximum atomic E-state index is 11.8. The van der Waals surface area contributed by atoms with Crippen molar-refractivity contribution < 1.29 is 15.0 Å². The number of nitrogens with two attached hydrogens (primary N) is 1. The number of amides is 1. The Bertz CT molecular complexity index is 630. The van der Waals surface area contributed by atoms with E-state index in [0.29, 0.717) is 16.1 Å². The Morgan fingerprint density at radius 3 is 2.35 bits per heavy atom. The first kappa shape index (κ1) is 14.5. The second kappa shape index (κ2) is 5.63. The average molecular weight is 292 g/mol. The molecule has 0 aromatic heterocycles. The van der Waals surface area contributed by atoms with Gasteiger partial charge in [0.15, 0.2) is 5.60 Å². The molecule has 4 nitrogen and oxygen atoms in total. The summed E-state index contributed by atoms with van der Waals surface area (Å²) in [5.41, 5.74) is 4.46. The van der Waals surface area contributed by atoms with Gasteiger partial charge in [-0.15, -0.1) is 0 Å². The molecule has 0 spiro atoms. The van der Waals surface area contributed by atoms with Crippen LogP contribution in [0.3, 0.4) is 0 Å². The van der Waals surface area contributed by atoms with Crippen LogP contribution < -0.4 is 5.73 Å². The summed E-state index contributed by atoms with van der Waals surface area (Å²) in [6.07, 6.45) is 0. The number of benzene rings is 2. The first-order valence-electron chi connectivity index (χ1n) is 5.97. The molecule has 0 heterocycles. The van der Waals surface area contributed by atoms with Crippen molar-refractivity contribution in [1.29, 1.82) is 0 Å². The number of hydrogen-bond donors (Lipinski definition) is 3. The molecule has 0 saturated carbocycles. The number of carbonyl (C=O) groups is 1. The van der Waals surface area contributed by atoms with Crippen LogP contribution in [0.4, 0.5) is 0 Å². The minimum atomic E-state index is -1.96. The SMILES string of the molecule is NC(=O)C(O)(c1ccccc1)c1ccc(Cl)c(CO)c1. The van der Waals surface area contributed by atoms with Crippen LogP contribution in [0, 0.1) is 0 Å². The van der Waals surface area contributed by atoms with Gasteiger partial charge in [-0.2, -0.15) is 0 Å². The Morgan fingerprint density at radius 2 is 1.80 bits per heavy atom. The van der Waals surface area contributed by atoms with Crippen LogP contribution >= 0.6 is 11.6 Å². The van der Waals surface area contributed by atoms with Gasteiger partial charge in [0.1, 0.15) is 0 Å². The van der Waals surface area contributed by atoms with Gasteiger partial charge < -0.3 is 15.9 Å². The number of primary amides is 1. The zero-order chi connectivity index (χ0) is 14.8. The molecule has 0 radical (unpaired) electrons. The standard InChI is InChI=1S/C15H14ClNO3/c16-13-7-6-12(8-10(13)9-18)15(20,14(17)19)11-4-2-1-3-5-11/h1-8,18,20H,9H2,(H2,17,19). The lowest BCUT2D eigenvalue weighted by molar-refractivity contribution is -0.133. The molecule has 0 aliphatic heterocycles. The van der Waals surface area contributed by atoms with E-state index in [2.05, 4.69) is 0 Å². The number of carbonyl (C=O) groups excluding carboxylic acids is 1. The molecule has 20 heavy (non-hydrogen) atoms. The van der Waals surface area contributed by atoms with E-state index in [9.17, 15) is 15.0 Å². The van der Waals surface area contributed by atoms with Crippen molar-refractivity contribution in [2.24, 2.45) is 5.73 Å². The molecule has 4 N–H and O–H groups in total. The highest BCUT2D eigenvalue weighted by atomic mass is 35.5. The maximum Gasteiger partial charge on any atom is 0.258 e. The molecule has 0 aliphatic rings. The normalized spacial score (nSPS) is 13.8. The van der Waals surface area contributed by atoms with Crippen LogP contribution in [0.2, 0.25) is 5.02 Å². The number of aliphatic hydroxyl groups is 2. The molecule has 1 amide bonds. The summed E-state index contributed by atoms with van der Waals surface area (Å²) in [4.78, 5) is 11.8. The van der Waals surface area contributed by atoms with Gasteiger partial charge in [-0.1, -0.05) is 48.0 Å². The Morgan fingerprint density at radius 1 is 1.15 bits per heavy atom. The third kappa shape index (κ3) is 2.41. The van der Waals surface area contributed by atoms with Gasteiger partial charge in [0, 0.05) is 5.02 Å². The molecule has 2 aromatic carbocycles. The van der Waals surface area contributed by atoms with Crippen molar-refractivity contribution in [3.63, 3.8) is 0 Å². The third-order valence-electron chi connectivity index (χ3n) is 3.18. The highest BCUT2D eigenvalue weighted by Crippen LogP contribution is 2.31. The molecule has 1 atom stereocenters. The van der Waals surface area contributed by atoms with E-state index in [1.807, 2.05) is 0 Å². The zero-order valence-corrected chi connectivity index (χ0v) is 11.3. The number of hydrogen-bond acceptors (Lipinski definition) is 3. The largest absolute Gasteiger partial charge is 0.392 e. The van der Waals surface area contributed by atoms with Crippen molar-refractivity contribution in [3.8, 4) is 0 Å². The molecule has 5 heteroatoms. The van der Waals surface area contributed by atoms with Crippen LogP contribution in [0.25, 0.3) is 0 Å². The van der Waals surface area contributed by atoms with E-state index in [1.54, 1.807) is 30.3 Å². The number of rotatable bonds is 4. The fraction of sp³-hybridized carbons (Fsp3) is 0.133. The van der Waals surface area contributed by atoms with Crippen molar-refractivity contribution in [3.05, 3.63) is 70.2 Å². The topological polar surface area (TPSA) is 83.6 Å². The smallest absolute Gasteiger partial charge is 0.258 e. The summed E-state index contributed by atoms with van der Waals surface area (Å²) in [5.74, 6) is -0.894. The second-order valence-electron chi connectivity index (χ2n) is 4.40. The Balaban J connectivity index is 2.63. The minimum Gasteiger partial charge on any atom is -0.392 e. The van der Waals surface area contributed by atoms with Crippen LogP contribution in [0.5, 0.6) is 0 Å². The van der Waals surface area contributed by atoms with Crippen molar-refractivity contribution in [1.82, 2.24) is 0 Å². The predicted molar refractivity (Wildman–Crippen MR) is 76.0 cm³/mol. The molecule has 104 valence electrons. The lowest BCUT2D eigenvalue weighted by Gasteiger charge is -2.26. The molecular weight excluding hydrogens is 278 g/mol. The van der Waals surface area contributed by atoms with E-state index in [4.69, 9.17) is 17.3 Å². The Kier molecular flexibility index (Phi) is 4.09. The molecular formula is C15H14ClNO3. The fourth-order valence-corrected chi connectivity index (χ4v) is 2.23. The Labute approximate surface area is 121 Å². The van der Waals surface area contributed by atoms with E-state index in [-0.39, 0.29) is 12.2 Å². The van der Waals surface area contributed by atoms with Crippen molar-refractivity contribution in [2.45, 2.75) is 12.2 Å². The molecule has 0 bridgehead atoms. The van der Waals surface area contributed by atoms with Gasteiger partial charge in [-0.3, -0.25) is 4.79 Å². The van der Waals surface area contributed by atoms with Gasteiger partial charge >= 0.3 is 0 Å². The summed E-state index contributed by atoms with van der Waals surface area (Å²) >= 11 is 5.91. The lowest BCUT2D eigenvalue weighted by atomic mass is 9.85. The van der Waals surface area contributed by atoms with Gasteiger partial charge in [0.05, 0.1) is 6.61 Å². The van der Waals surface area contributed by atoms with E-state index >= 15 is 0 Å². The Hall–Kier alpha value is -1.88. The summed E-state index contributed by atoms with van der Waals surface area (Å²) < 4.78 is 0. The molecule has 0 fully saturated rings. The average Bonchev–Trinajstić information content (AvgIpc) is 2.47. The summed E-state index contributed by atoms with van der Waals surface area (Å²) in [6.45, 7) is -0.295. The highest BCUT2D eigenvalue weighted by Gasteiger charge is 2.38. The van der Waals surface area contributed by atoms with Crippen molar-refractivity contribution in [2.75, 3.05) is 0 Å². The molecule has 0 saturated heterocycles. The molecule has 2 aromatic rings. The summed E-state index contributed by atoms with van der Waals surface area (Å²) in [5, 5.41) is 20.3. The quantitative estimate of drug-likeness (QED) is 0.799. The van der Waals surface area contributed by atoms with E-state index in [1.165, 1.54) is 18.2 Å². The van der Waals surface area contributed by atoms with E-state index in [0.717, 1.165) is 0 Å². The molecule has 2 rings (SSSR count). The zero-order valence-electron chi connectivity index (χ0n) is 10.6. The van der Waals surface area contributed by atoms with Gasteiger partial charge in [0.2, 0.25) is 0 Å². The first-order valence-corrected chi connectivity index (χ1v) is 6.35. The fourth-order valence-electron chi connectivity index (χ4n) is 2.05. The highest BCUT2D eigenvalue weighted by molar-refractivity contribution is 6.31.